The van der Waals surface area contributed by atoms with Crippen molar-refractivity contribution >= 4 is 46.9 Å². The van der Waals surface area contributed by atoms with Crippen LogP contribution in [-0.4, -0.2) is 120 Å². The standard InChI is InChI=1S/C36H46ClN3O12/c1-18-10-9-11-26(49-8)36(47)16-24(50-33(45)38-36)19(2)30-35(5,52-30)27-15-28(42)40(22-13-21(12-18)14-23(48-7)29(22)37)17-25(41)34(4,46)32(44)39(6)20(3)31(43)51-27/h9-11,13-14,19-20,24,26-27,30,46-47H,12,15-17H2,1-8H3,(H,38,45)/b11-9+,18-10+/t19-,20+,24+,26-,27+,30+,34?,35+,36+/m1/s1. The minimum absolute atomic E-state index is 0.0182. The lowest BCUT2D eigenvalue weighted by atomic mass is 9.83. The number of anilines is 1. The number of epoxide rings is 1. The number of ketones is 1. The first-order valence-electron chi connectivity index (χ1n) is 16.9. The molecule has 3 N–H and O–H groups in total. The van der Waals surface area contributed by atoms with Crippen molar-refractivity contribution in [1.29, 1.82) is 0 Å². The molecule has 3 saturated heterocycles. The quantitative estimate of drug-likeness (QED) is 0.227. The number of alkyl carbamates (subject to hydrolysis) is 1. The van der Waals surface area contributed by atoms with Gasteiger partial charge in [0.15, 0.2) is 11.5 Å². The Balaban J connectivity index is 1.70. The van der Waals surface area contributed by atoms with Gasteiger partial charge in [0, 0.05) is 26.5 Å². The highest BCUT2D eigenvalue weighted by molar-refractivity contribution is 6.35. The number of Topliss-reactive ketones (excluding diaryl/α,β-unsaturated/α-hetero) is 1. The molecule has 1 aromatic carbocycles. The van der Waals surface area contributed by atoms with Crippen molar-refractivity contribution < 1.29 is 57.9 Å². The van der Waals surface area contributed by atoms with Gasteiger partial charge in [-0.1, -0.05) is 42.3 Å². The minimum atomic E-state index is -2.63. The van der Waals surface area contributed by atoms with Crippen LogP contribution in [0.5, 0.6) is 5.75 Å². The van der Waals surface area contributed by atoms with Gasteiger partial charge in [-0.2, -0.15) is 0 Å². The largest absolute Gasteiger partial charge is 0.495 e. The van der Waals surface area contributed by atoms with Crippen LogP contribution in [0.2, 0.25) is 5.02 Å². The topological polar surface area (TPSA) is 194 Å². The molecule has 3 amide bonds. The average molecular weight is 748 g/mol. The summed E-state index contributed by atoms with van der Waals surface area (Å²) < 4.78 is 28.9. The van der Waals surface area contributed by atoms with E-state index in [1.165, 1.54) is 28.2 Å². The van der Waals surface area contributed by atoms with E-state index < -0.39 is 95.9 Å². The summed E-state index contributed by atoms with van der Waals surface area (Å²) >= 11 is 6.81. The van der Waals surface area contributed by atoms with Crippen molar-refractivity contribution in [3.63, 3.8) is 0 Å². The summed E-state index contributed by atoms with van der Waals surface area (Å²) in [4.78, 5) is 70.2. The zero-order valence-corrected chi connectivity index (χ0v) is 31.2. The zero-order chi connectivity index (χ0) is 38.5. The van der Waals surface area contributed by atoms with E-state index in [1.807, 2.05) is 6.92 Å². The number of hydrogen-bond donors (Lipinski definition) is 3. The summed E-state index contributed by atoms with van der Waals surface area (Å²) in [6, 6.07) is 1.99. The van der Waals surface area contributed by atoms with Crippen LogP contribution in [-0.2, 0) is 44.5 Å². The summed E-state index contributed by atoms with van der Waals surface area (Å²) in [7, 11) is 4.04. The SMILES string of the molecule is COc1cc2cc(c1Cl)N1CC(=O)C(C)(O)C(=O)N(C)[C@@H](C)C(=O)O[C@@H](CC1=O)[C@]1(C)O[C@H]1[C@H](C)[C@@H]1C[C@@](O)(NC(=O)O1)[C@H](OC)/C=C/C=C(\C)C2. The van der Waals surface area contributed by atoms with Crippen molar-refractivity contribution in [3.8, 4) is 5.75 Å². The van der Waals surface area contributed by atoms with E-state index in [9.17, 15) is 34.2 Å². The number of amides is 3. The number of halogens is 1. The number of methoxy groups -OCH3 is 2. The summed E-state index contributed by atoms with van der Waals surface area (Å²) in [5, 5.41) is 25.4. The number of fused-ring (bicyclic) bond motifs is 10. The van der Waals surface area contributed by atoms with Crippen molar-refractivity contribution in [1.82, 2.24) is 10.2 Å². The molecule has 5 rings (SSSR count). The molecule has 4 heterocycles. The van der Waals surface area contributed by atoms with Crippen LogP contribution in [0.4, 0.5) is 10.5 Å². The van der Waals surface area contributed by atoms with Gasteiger partial charge in [0.25, 0.3) is 5.91 Å². The van der Waals surface area contributed by atoms with Gasteiger partial charge in [0.05, 0.1) is 31.9 Å². The number of nitrogens with zero attached hydrogens (tertiary/aromatic N) is 2. The lowest BCUT2D eigenvalue weighted by molar-refractivity contribution is -0.169. The van der Waals surface area contributed by atoms with Crippen LogP contribution in [0.1, 0.15) is 53.0 Å². The van der Waals surface area contributed by atoms with Crippen LogP contribution >= 0.6 is 11.6 Å². The third kappa shape index (κ3) is 7.29. The lowest BCUT2D eigenvalue weighted by Gasteiger charge is -2.42. The van der Waals surface area contributed by atoms with E-state index in [1.54, 1.807) is 44.2 Å². The molecular weight excluding hydrogens is 702 g/mol. The molecule has 9 atom stereocenters. The highest BCUT2D eigenvalue weighted by Crippen LogP contribution is 2.49. The first-order valence-corrected chi connectivity index (χ1v) is 17.3. The second-order valence-corrected chi connectivity index (χ2v) is 14.7. The predicted molar refractivity (Wildman–Crippen MR) is 186 cm³/mol. The number of nitrogens with one attached hydrogen (secondary N) is 1. The van der Waals surface area contributed by atoms with Gasteiger partial charge >= 0.3 is 12.1 Å². The van der Waals surface area contributed by atoms with Gasteiger partial charge in [-0.25, -0.2) is 9.59 Å². The van der Waals surface area contributed by atoms with Crippen molar-refractivity contribution in [3.05, 3.63) is 46.5 Å². The highest BCUT2D eigenvalue weighted by atomic mass is 35.5. The van der Waals surface area contributed by atoms with Gasteiger partial charge in [0.2, 0.25) is 11.5 Å². The van der Waals surface area contributed by atoms with Crippen LogP contribution in [0.25, 0.3) is 0 Å². The lowest BCUT2D eigenvalue weighted by Crippen LogP contribution is -2.63. The van der Waals surface area contributed by atoms with Crippen LogP contribution in [0.3, 0.4) is 0 Å². The molecular formula is C36H46ClN3O12. The van der Waals surface area contributed by atoms with Crippen molar-refractivity contribution in [2.24, 2.45) is 5.92 Å². The van der Waals surface area contributed by atoms with Crippen LogP contribution in [0, 0.1) is 5.92 Å². The maximum absolute atomic E-state index is 14.5. The Morgan fingerprint density at radius 2 is 1.75 bits per heavy atom. The van der Waals surface area contributed by atoms with Gasteiger partial charge in [0.1, 0.15) is 40.7 Å². The van der Waals surface area contributed by atoms with E-state index >= 15 is 0 Å². The Kier molecular flexibility index (Phi) is 10.9. The van der Waals surface area contributed by atoms with Crippen LogP contribution in [0.15, 0.2) is 35.9 Å². The van der Waals surface area contributed by atoms with E-state index in [2.05, 4.69) is 5.32 Å². The Morgan fingerprint density at radius 3 is 2.40 bits per heavy atom. The predicted octanol–water partition coefficient (Wildman–Crippen LogP) is 2.22. The highest BCUT2D eigenvalue weighted by Gasteiger charge is 2.65. The molecule has 6 bridgehead atoms. The van der Waals surface area contributed by atoms with Crippen LogP contribution < -0.4 is 15.0 Å². The first kappa shape index (κ1) is 39.2. The molecule has 0 aliphatic carbocycles. The molecule has 284 valence electrons. The number of aliphatic hydroxyl groups is 2. The maximum atomic E-state index is 14.5. The number of hydrogen-bond acceptors (Lipinski definition) is 12. The van der Waals surface area contributed by atoms with E-state index in [0.29, 0.717) is 12.0 Å². The molecule has 0 aromatic heterocycles. The second-order valence-electron chi connectivity index (χ2n) is 14.3. The number of rotatable bonds is 2. The van der Waals surface area contributed by atoms with E-state index in [-0.39, 0.29) is 22.9 Å². The smallest absolute Gasteiger partial charge is 0.409 e. The fraction of sp³-hybridized carbons (Fsp3) is 0.583. The number of benzene rings is 1. The number of carbonyl (C=O) groups is 5. The molecule has 15 nitrogen and oxygen atoms in total. The molecule has 1 aromatic rings. The number of ether oxygens (including phenoxy) is 5. The van der Waals surface area contributed by atoms with Crippen molar-refractivity contribution in [2.75, 3.05) is 32.7 Å². The minimum Gasteiger partial charge on any atom is -0.495 e. The molecule has 0 spiro atoms. The third-order valence-corrected chi connectivity index (χ3v) is 10.9. The Bertz CT molecular complexity index is 1710. The number of esters is 1. The van der Waals surface area contributed by atoms with Gasteiger partial charge in [-0.05, 0) is 51.8 Å². The summed E-state index contributed by atoms with van der Waals surface area (Å²) in [5.74, 6) is -4.19. The van der Waals surface area contributed by atoms with Gasteiger partial charge < -0.3 is 43.7 Å². The Hall–Kier alpha value is -4.02. The molecule has 4 aliphatic rings. The molecule has 4 aliphatic heterocycles. The first-order chi connectivity index (χ1) is 24.3. The second kappa shape index (κ2) is 14.4. The number of allylic oxidation sites excluding steroid dienone is 3. The van der Waals surface area contributed by atoms with E-state index in [4.69, 9.17) is 35.3 Å². The summed E-state index contributed by atoms with van der Waals surface area (Å²) in [6.45, 7) is 6.81. The van der Waals surface area contributed by atoms with Crippen molar-refractivity contribution in [2.45, 2.75) is 101 Å². The van der Waals surface area contributed by atoms with Gasteiger partial charge in [-0.15, -0.1) is 0 Å². The molecule has 1 unspecified atom stereocenters. The zero-order valence-electron chi connectivity index (χ0n) is 30.4. The summed E-state index contributed by atoms with van der Waals surface area (Å²) in [5.41, 5.74) is -4.34. The summed E-state index contributed by atoms with van der Waals surface area (Å²) in [6.07, 6.45) is -0.0658. The molecule has 0 saturated carbocycles. The fourth-order valence-electron chi connectivity index (χ4n) is 7.04. The fourth-order valence-corrected chi connectivity index (χ4v) is 7.33. The number of carbonyl (C=O) groups excluding carboxylic acids is 5. The van der Waals surface area contributed by atoms with Gasteiger partial charge in [-0.3, -0.25) is 19.7 Å². The monoisotopic (exact) mass is 747 g/mol. The van der Waals surface area contributed by atoms with E-state index in [0.717, 1.165) is 22.3 Å². The Morgan fingerprint density at radius 1 is 1.06 bits per heavy atom. The molecule has 3 fully saturated rings. The third-order valence-electron chi connectivity index (χ3n) is 10.6. The maximum Gasteiger partial charge on any atom is 0.409 e. The average Bonchev–Trinajstić information content (AvgIpc) is 3.78. The normalized spacial score (nSPS) is 37.8. The molecule has 52 heavy (non-hydrogen) atoms. The Labute approximate surface area is 306 Å². The molecule has 0 radical (unpaired) electrons. The molecule has 16 heteroatoms. The number of likely N-dealkylation sites (N-methyl/N-ethyl adjacent to an activating group) is 1.